The number of rotatable bonds is 6. The van der Waals surface area contributed by atoms with Crippen molar-refractivity contribution in [3.8, 4) is 5.13 Å². The van der Waals surface area contributed by atoms with Gasteiger partial charge in [-0.2, -0.15) is 0 Å². The molecule has 37 heavy (non-hydrogen) atoms. The highest BCUT2D eigenvalue weighted by molar-refractivity contribution is 7.12. The second-order valence-corrected chi connectivity index (χ2v) is 10.1. The van der Waals surface area contributed by atoms with Crippen molar-refractivity contribution in [3.63, 3.8) is 0 Å². The van der Waals surface area contributed by atoms with Crippen LogP contribution in [0.3, 0.4) is 0 Å². The van der Waals surface area contributed by atoms with Gasteiger partial charge in [0.15, 0.2) is 16.6 Å². The number of amides is 1. The Morgan fingerprint density at radius 2 is 2.05 bits per heavy atom. The molecule has 1 amide bonds. The number of hydrogen-bond donors (Lipinski definition) is 1. The van der Waals surface area contributed by atoms with Crippen molar-refractivity contribution in [1.82, 2.24) is 19.9 Å². The number of pyridine rings is 2. The van der Waals surface area contributed by atoms with E-state index >= 15 is 0 Å². The van der Waals surface area contributed by atoms with Gasteiger partial charge in [0, 0.05) is 49.6 Å². The van der Waals surface area contributed by atoms with E-state index in [2.05, 4.69) is 20.3 Å². The van der Waals surface area contributed by atoms with Crippen LogP contribution in [0.4, 0.5) is 5.82 Å². The van der Waals surface area contributed by atoms with Crippen LogP contribution in [0.2, 0.25) is 0 Å². The van der Waals surface area contributed by atoms with E-state index in [1.807, 2.05) is 30.2 Å². The monoisotopic (exact) mass is 521 g/mol. The number of fused-ring (bicyclic) bond motifs is 1. The first-order valence-corrected chi connectivity index (χ1v) is 12.8. The third-order valence-electron chi connectivity index (χ3n) is 6.66. The standard InChI is InChI=1S/C25H27N7O4S/c1-13-7-19(29-22-20(13)21(34)18(15(3)33)11-32(22)25-26-5-6-37-25)31-9-17(10-31)23(35)30-24-27-8-16(12-36-4)14(2)28-24/h5-7,11,16-17H,8-10,12H2,1-4H3,(H,27,30,35). The molecule has 1 N–H and O–H groups in total. The number of carbonyl (C=O) groups is 2. The maximum Gasteiger partial charge on any atom is 0.233 e. The molecule has 1 saturated heterocycles. The molecular formula is C25H27N7O4S. The third kappa shape index (κ3) is 4.69. The van der Waals surface area contributed by atoms with Gasteiger partial charge in [-0.3, -0.25) is 29.3 Å². The Labute approximate surface area is 216 Å². The van der Waals surface area contributed by atoms with Gasteiger partial charge in [0.1, 0.15) is 5.82 Å². The number of aryl methyl sites for hydroxylation is 1. The number of nitrogens with one attached hydrogen (secondary N) is 1. The average Bonchev–Trinajstić information content (AvgIpc) is 3.34. The van der Waals surface area contributed by atoms with Gasteiger partial charge in [-0.1, -0.05) is 0 Å². The Kier molecular flexibility index (Phi) is 6.69. The summed E-state index contributed by atoms with van der Waals surface area (Å²) in [6, 6.07) is 1.82. The summed E-state index contributed by atoms with van der Waals surface area (Å²) in [6.07, 6.45) is 3.17. The molecule has 0 aliphatic carbocycles. The molecular weight excluding hydrogens is 494 g/mol. The highest BCUT2D eigenvalue weighted by atomic mass is 32.1. The summed E-state index contributed by atoms with van der Waals surface area (Å²) in [5.74, 6) is 0.422. The minimum Gasteiger partial charge on any atom is -0.384 e. The number of nitrogens with zero attached hydrogens (tertiary/aromatic N) is 6. The van der Waals surface area contributed by atoms with Gasteiger partial charge in [-0.25, -0.2) is 15.0 Å². The highest BCUT2D eigenvalue weighted by Crippen LogP contribution is 2.28. The lowest BCUT2D eigenvalue weighted by molar-refractivity contribution is -0.124. The number of anilines is 1. The molecule has 2 aliphatic heterocycles. The first kappa shape index (κ1) is 24.9. The second-order valence-electron chi connectivity index (χ2n) is 9.27. The molecule has 5 heterocycles. The summed E-state index contributed by atoms with van der Waals surface area (Å²) in [5.41, 5.74) is 1.78. The van der Waals surface area contributed by atoms with Crippen LogP contribution in [-0.4, -0.2) is 71.2 Å². The van der Waals surface area contributed by atoms with Crippen molar-refractivity contribution in [2.24, 2.45) is 21.8 Å². The van der Waals surface area contributed by atoms with E-state index in [0.29, 0.717) is 59.7 Å². The Bertz CT molecular complexity index is 1500. The number of aromatic nitrogens is 3. The fourth-order valence-corrected chi connectivity index (χ4v) is 5.10. The van der Waals surface area contributed by atoms with Gasteiger partial charge in [-0.05, 0) is 32.4 Å². The van der Waals surface area contributed by atoms with Gasteiger partial charge in [0.2, 0.25) is 17.3 Å². The van der Waals surface area contributed by atoms with E-state index in [-0.39, 0.29) is 34.5 Å². The van der Waals surface area contributed by atoms with Crippen LogP contribution >= 0.6 is 11.3 Å². The Morgan fingerprint density at radius 3 is 2.70 bits per heavy atom. The Morgan fingerprint density at radius 1 is 1.27 bits per heavy atom. The molecule has 3 aromatic heterocycles. The average molecular weight is 522 g/mol. The van der Waals surface area contributed by atoms with Crippen LogP contribution in [0.15, 0.2) is 38.6 Å². The summed E-state index contributed by atoms with van der Waals surface area (Å²) in [6.45, 7) is 7.13. The van der Waals surface area contributed by atoms with Gasteiger partial charge < -0.3 is 9.64 Å². The summed E-state index contributed by atoms with van der Waals surface area (Å²) >= 11 is 1.38. The van der Waals surface area contributed by atoms with Gasteiger partial charge in [-0.15, -0.1) is 11.3 Å². The number of Topliss-reactive ketones (excluding diaryl/α,β-unsaturated/α-hetero) is 1. The van der Waals surface area contributed by atoms with Crippen molar-refractivity contribution in [3.05, 3.63) is 45.2 Å². The van der Waals surface area contributed by atoms with E-state index in [0.717, 1.165) is 5.71 Å². The molecule has 3 aromatic rings. The predicted molar refractivity (Wildman–Crippen MR) is 142 cm³/mol. The van der Waals surface area contributed by atoms with Crippen molar-refractivity contribution < 1.29 is 14.3 Å². The summed E-state index contributed by atoms with van der Waals surface area (Å²) in [4.78, 5) is 58.0. The molecule has 192 valence electrons. The molecule has 1 unspecified atom stereocenters. The summed E-state index contributed by atoms with van der Waals surface area (Å²) in [7, 11) is 1.64. The van der Waals surface area contributed by atoms with E-state index in [1.165, 1.54) is 24.5 Å². The quantitative estimate of drug-likeness (QED) is 0.491. The number of methoxy groups -OCH3 is 1. The Hall–Kier alpha value is -3.77. The molecule has 0 aromatic carbocycles. The van der Waals surface area contributed by atoms with Crippen LogP contribution < -0.4 is 15.6 Å². The second kappa shape index (κ2) is 9.94. The smallest absolute Gasteiger partial charge is 0.233 e. The van der Waals surface area contributed by atoms with Gasteiger partial charge >= 0.3 is 0 Å². The number of carbonyl (C=O) groups excluding carboxylic acids is 2. The number of guanidine groups is 1. The lowest BCUT2D eigenvalue weighted by Gasteiger charge is -2.39. The molecule has 12 heteroatoms. The van der Waals surface area contributed by atoms with Crippen LogP contribution in [0, 0.1) is 18.8 Å². The fraction of sp³-hybridized carbons (Fsp3) is 0.400. The van der Waals surface area contributed by atoms with Crippen molar-refractivity contribution in [2.45, 2.75) is 20.8 Å². The molecule has 1 fully saturated rings. The van der Waals surface area contributed by atoms with Gasteiger partial charge in [0.25, 0.3) is 0 Å². The molecule has 0 bridgehead atoms. The number of ether oxygens (including phenoxy) is 1. The highest BCUT2D eigenvalue weighted by Gasteiger charge is 2.35. The fourth-order valence-electron chi connectivity index (χ4n) is 4.48. The first-order chi connectivity index (χ1) is 17.8. The van der Waals surface area contributed by atoms with Crippen molar-refractivity contribution in [2.75, 3.05) is 38.3 Å². The minimum absolute atomic E-state index is 0.0955. The summed E-state index contributed by atoms with van der Waals surface area (Å²) in [5, 5.41) is 5.64. The van der Waals surface area contributed by atoms with Crippen LogP contribution in [0.25, 0.3) is 16.2 Å². The van der Waals surface area contributed by atoms with Crippen molar-refractivity contribution in [1.29, 1.82) is 0 Å². The van der Waals surface area contributed by atoms with Gasteiger partial charge in [0.05, 0.1) is 30.0 Å². The topological polar surface area (TPSA) is 131 Å². The van der Waals surface area contributed by atoms with Crippen LogP contribution in [0.5, 0.6) is 0 Å². The molecule has 0 saturated carbocycles. The van der Waals surface area contributed by atoms with E-state index in [1.54, 1.807) is 17.9 Å². The maximum atomic E-state index is 13.1. The SMILES string of the molecule is COCC1CN=C(NC(=O)C2CN(c3cc(C)c4c(=O)c(C(C)=O)cn(-c5nccs5)c4n3)C2)N=C1C. The molecule has 0 spiro atoms. The largest absolute Gasteiger partial charge is 0.384 e. The van der Waals surface area contributed by atoms with E-state index in [9.17, 15) is 14.4 Å². The van der Waals surface area contributed by atoms with E-state index < -0.39 is 0 Å². The minimum atomic E-state index is -0.343. The summed E-state index contributed by atoms with van der Waals surface area (Å²) < 4.78 is 6.88. The number of hydrogen-bond acceptors (Lipinski definition) is 10. The number of thiazole rings is 1. The molecule has 2 aliphatic rings. The number of ketones is 1. The lowest BCUT2D eigenvalue weighted by Crippen LogP contribution is -2.55. The third-order valence-corrected chi connectivity index (χ3v) is 7.43. The van der Waals surface area contributed by atoms with Crippen molar-refractivity contribution >= 4 is 51.5 Å². The first-order valence-electron chi connectivity index (χ1n) is 11.9. The van der Waals surface area contributed by atoms with Crippen LogP contribution in [-0.2, 0) is 9.53 Å². The van der Waals surface area contributed by atoms with Crippen LogP contribution in [0.1, 0.15) is 29.8 Å². The predicted octanol–water partition coefficient (Wildman–Crippen LogP) is 2.00. The zero-order valence-corrected chi connectivity index (χ0v) is 21.8. The Balaban J connectivity index is 1.37. The zero-order valence-electron chi connectivity index (χ0n) is 21.0. The molecule has 0 radical (unpaired) electrons. The normalized spacial score (nSPS) is 17.8. The molecule has 5 rings (SSSR count). The van der Waals surface area contributed by atoms with E-state index in [4.69, 9.17) is 9.72 Å². The molecule has 1 atom stereocenters. The zero-order chi connectivity index (χ0) is 26.3. The molecule has 11 nitrogen and oxygen atoms in total. The maximum absolute atomic E-state index is 13.1. The lowest BCUT2D eigenvalue weighted by atomic mass is 9.98. The number of aliphatic imine (C=N–C) groups is 2.